The molecule has 0 saturated carbocycles. The van der Waals surface area contributed by atoms with Crippen LogP contribution in [-0.4, -0.2) is 54.7 Å². The lowest BCUT2D eigenvalue weighted by atomic mass is 9.60. The van der Waals surface area contributed by atoms with Crippen LogP contribution in [0.3, 0.4) is 0 Å². The average molecular weight is 603 g/mol. The first kappa shape index (κ1) is 33.6. The highest BCUT2D eigenvalue weighted by atomic mass is 16.6. The summed E-state index contributed by atoms with van der Waals surface area (Å²) in [5.74, 6) is -1.13. The number of benzene rings is 3. The monoisotopic (exact) mass is 602 g/mol. The molecule has 0 aromatic heterocycles. The summed E-state index contributed by atoms with van der Waals surface area (Å²) in [6.07, 6.45) is -0.405. The molecule has 234 valence electrons. The Bertz CT molecular complexity index is 1380. The molecule has 0 bridgehead atoms. The predicted octanol–water partition coefficient (Wildman–Crippen LogP) is 3.62. The molecule has 0 fully saturated rings. The Kier molecular flexibility index (Phi) is 11.1. The van der Waals surface area contributed by atoms with Crippen LogP contribution in [0.5, 0.6) is 5.75 Å². The van der Waals surface area contributed by atoms with Gasteiger partial charge in [0.2, 0.25) is 11.8 Å². The zero-order valence-corrected chi connectivity index (χ0v) is 25.9. The number of carbonyl (C=O) groups excluding carboxylic acids is 4. The summed E-state index contributed by atoms with van der Waals surface area (Å²) >= 11 is 0. The molecule has 4 amide bonds. The molecule has 0 saturated heterocycles. The van der Waals surface area contributed by atoms with Crippen LogP contribution in [0.1, 0.15) is 51.3 Å². The quantitative estimate of drug-likeness (QED) is 0.235. The first-order valence-corrected chi connectivity index (χ1v) is 14.5. The van der Waals surface area contributed by atoms with E-state index in [1.807, 2.05) is 24.3 Å². The molecule has 44 heavy (non-hydrogen) atoms. The van der Waals surface area contributed by atoms with Gasteiger partial charge in [-0.1, -0.05) is 72.8 Å². The minimum Gasteiger partial charge on any atom is -0.484 e. The second kappa shape index (κ2) is 14.5. The molecule has 0 aliphatic heterocycles. The molecule has 10 nitrogen and oxygen atoms in total. The molecular weight excluding hydrogens is 560 g/mol. The third-order valence-corrected chi connectivity index (χ3v) is 7.05. The summed E-state index contributed by atoms with van der Waals surface area (Å²) in [4.78, 5) is 53.2. The van der Waals surface area contributed by atoms with Gasteiger partial charge >= 0.3 is 6.09 Å². The predicted molar refractivity (Wildman–Crippen MR) is 168 cm³/mol. The van der Waals surface area contributed by atoms with E-state index in [-0.39, 0.29) is 13.2 Å². The maximum atomic E-state index is 14.4. The van der Waals surface area contributed by atoms with E-state index < -0.39 is 40.4 Å². The van der Waals surface area contributed by atoms with Crippen molar-refractivity contribution in [3.8, 4) is 5.75 Å². The molecule has 3 aromatic carbocycles. The van der Waals surface area contributed by atoms with Gasteiger partial charge < -0.3 is 31.2 Å². The smallest absolute Gasteiger partial charge is 0.408 e. The van der Waals surface area contributed by atoms with Crippen LogP contribution in [-0.2, 0) is 31.0 Å². The van der Waals surface area contributed by atoms with Crippen LogP contribution >= 0.6 is 0 Å². The largest absolute Gasteiger partial charge is 0.484 e. The minimum absolute atomic E-state index is 0.195. The van der Waals surface area contributed by atoms with Gasteiger partial charge in [0.25, 0.3) is 5.91 Å². The lowest BCUT2D eigenvalue weighted by Gasteiger charge is -2.47. The van der Waals surface area contributed by atoms with E-state index in [4.69, 9.17) is 15.2 Å². The highest BCUT2D eigenvalue weighted by Gasteiger charge is 2.61. The topological polar surface area (TPSA) is 149 Å². The molecular formula is C34H42N4O6. The molecule has 0 aliphatic carbocycles. The van der Waals surface area contributed by atoms with Crippen LogP contribution in [0.2, 0.25) is 0 Å². The Hall–Kier alpha value is -4.86. The van der Waals surface area contributed by atoms with E-state index in [0.29, 0.717) is 29.8 Å². The molecule has 5 N–H and O–H groups in total. The maximum Gasteiger partial charge on any atom is 0.408 e. The van der Waals surface area contributed by atoms with Gasteiger partial charge in [0.1, 0.15) is 22.3 Å². The third-order valence-electron chi connectivity index (χ3n) is 7.05. The number of hydrogen-bond donors (Lipinski definition) is 4. The van der Waals surface area contributed by atoms with Crippen molar-refractivity contribution in [3.63, 3.8) is 0 Å². The van der Waals surface area contributed by atoms with E-state index >= 15 is 0 Å². The molecule has 1 atom stereocenters. The van der Waals surface area contributed by atoms with Crippen molar-refractivity contribution in [1.82, 2.24) is 16.0 Å². The maximum absolute atomic E-state index is 14.4. The first-order valence-electron chi connectivity index (χ1n) is 14.5. The van der Waals surface area contributed by atoms with Gasteiger partial charge in [-0.25, -0.2) is 4.79 Å². The number of nitrogens with one attached hydrogen (secondary N) is 3. The Morgan fingerprint density at radius 3 is 1.77 bits per heavy atom. The minimum atomic E-state index is -1.87. The molecule has 3 aromatic rings. The van der Waals surface area contributed by atoms with E-state index in [1.54, 1.807) is 95.3 Å². The fourth-order valence-corrected chi connectivity index (χ4v) is 5.14. The molecule has 3 rings (SSSR count). The summed E-state index contributed by atoms with van der Waals surface area (Å²) in [7, 11) is 0. The Balaban J connectivity index is 2.07. The van der Waals surface area contributed by atoms with Gasteiger partial charge in [0.05, 0.1) is 0 Å². The normalized spacial score (nSPS) is 12.8. The molecule has 0 heterocycles. The highest BCUT2D eigenvalue weighted by molar-refractivity contribution is 6.04. The van der Waals surface area contributed by atoms with Crippen molar-refractivity contribution in [2.24, 2.45) is 5.73 Å². The van der Waals surface area contributed by atoms with Gasteiger partial charge in [-0.3, -0.25) is 14.4 Å². The van der Waals surface area contributed by atoms with Gasteiger partial charge in [-0.15, -0.1) is 0 Å². The summed E-state index contributed by atoms with van der Waals surface area (Å²) in [5, 5.41) is 8.69. The number of primary amides is 1. The molecule has 1 unspecified atom stereocenters. The highest BCUT2D eigenvalue weighted by Crippen LogP contribution is 2.43. The number of nitrogens with two attached hydrogens (primary N) is 1. The van der Waals surface area contributed by atoms with Gasteiger partial charge in [0.15, 0.2) is 6.61 Å². The fraction of sp³-hybridized carbons (Fsp3) is 0.353. The van der Waals surface area contributed by atoms with Crippen LogP contribution < -0.4 is 26.4 Å². The summed E-state index contributed by atoms with van der Waals surface area (Å²) in [5.41, 5.74) is 2.62. The van der Waals surface area contributed by atoms with E-state index in [2.05, 4.69) is 16.0 Å². The third kappa shape index (κ3) is 7.94. The number of rotatable bonds is 13. The number of likely N-dealkylation sites (N-methyl/N-ethyl adjacent to an activating group) is 1. The number of amides is 4. The van der Waals surface area contributed by atoms with Crippen LogP contribution in [0.25, 0.3) is 0 Å². The van der Waals surface area contributed by atoms with Crippen LogP contribution in [0, 0.1) is 0 Å². The summed E-state index contributed by atoms with van der Waals surface area (Å²) in [6.45, 7) is 8.77. The standard InChI is InChI=1S/C34H42N4O6/c1-6-36-30(41)34(25-13-9-7-10-14-25,26-15-11-8-12-16-26)33(5,38-31(42)44-32(2,3)4)29(40)37-22-21-24-17-19-27(20-18-24)43-23-28(35)39/h7-20H,6,21-23H2,1-5H3,(H2,35,39)(H,36,41)(H,37,40)(H,38,42). The Labute approximate surface area is 258 Å². The summed E-state index contributed by atoms with van der Waals surface area (Å²) in [6, 6.07) is 24.9. The lowest BCUT2D eigenvalue weighted by molar-refractivity contribution is -0.137. The average Bonchev–Trinajstić information content (AvgIpc) is 2.97. The van der Waals surface area contributed by atoms with Crippen molar-refractivity contribution in [2.45, 2.75) is 57.6 Å². The summed E-state index contributed by atoms with van der Waals surface area (Å²) < 4.78 is 10.9. The molecule has 0 spiro atoms. The van der Waals surface area contributed by atoms with Crippen LogP contribution in [0.4, 0.5) is 4.79 Å². The first-order chi connectivity index (χ1) is 20.8. The Morgan fingerprint density at radius 1 is 0.750 bits per heavy atom. The zero-order chi connectivity index (χ0) is 32.4. The lowest BCUT2D eigenvalue weighted by Crippen LogP contribution is -2.72. The van der Waals surface area contributed by atoms with Crippen molar-refractivity contribution < 1.29 is 28.7 Å². The van der Waals surface area contributed by atoms with Crippen molar-refractivity contribution >= 4 is 23.8 Å². The second-order valence-corrected chi connectivity index (χ2v) is 11.5. The number of carbonyl (C=O) groups is 4. The molecule has 10 heteroatoms. The molecule has 0 aliphatic rings. The van der Waals surface area contributed by atoms with Crippen molar-refractivity contribution in [2.75, 3.05) is 19.7 Å². The SMILES string of the molecule is CCNC(=O)C(c1ccccc1)(c1ccccc1)C(C)(NC(=O)OC(C)(C)C)C(=O)NCCc1ccc(OCC(N)=O)cc1. The van der Waals surface area contributed by atoms with Crippen molar-refractivity contribution in [1.29, 1.82) is 0 Å². The van der Waals surface area contributed by atoms with Crippen LogP contribution in [0.15, 0.2) is 84.9 Å². The Morgan fingerprint density at radius 2 is 1.30 bits per heavy atom. The van der Waals surface area contributed by atoms with E-state index in [0.717, 1.165) is 5.56 Å². The number of ether oxygens (including phenoxy) is 2. The molecule has 0 radical (unpaired) electrons. The fourth-order valence-electron chi connectivity index (χ4n) is 5.14. The van der Waals surface area contributed by atoms with E-state index in [1.165, 1.54) is 0 Å². The second-order valence-electron chi connectivity index (χ2n) is 11.5. The zero-order valence-electron chi connectivity index (χ0n) is 25.9. The van der Waals surface area contributed by atoms with Gasteiger partial charge in [-0.2, -0.15) is 0 Å². The van der Waals surface area contributed by atoms with Gasteiger partial charge in [0, 0.05) is 13.1 Å². The number of alkyl carbamates (subject to hydrolysis) is 1. The van der Waals surface area contributed by atoms with Crippen molar-refractivity contribution in [3.05, 3.63) is 102 Å². The number of hydrogen-bond acceptors (Lipinski definition) is 6. The van der Waals surface area contributed by atoms with E-state index in [9.17, 15) is 19.2 Å². The van der Waals surface area contributed by atoms with Gasteiger partial charge in [-0.05, 0) is 69.9 Å².